The molecule has 0 bridgehead atoms. The molecule has 0 aliphatic heterocycles. The van der Waals surface area contributed by atoms with Crippen molar-refractivity contribution in [2.45, 2.75) is 65.8 Å². The first kappa shape index (κ1) is 26.4. The Bertz CT molecular complexity index is 1350. The number of ether oxygens (including phenoxy) is 2. The molecule has 1 N–H and O–H groups in total. The number of fused-ring (bicyclic) bond motifs is 3. The molecular formula is C29H36N4O4. The highest BCUT2D eigenvalue weighted by Crippen LogP contribution is 2.29. The fourth-order valence-corrected chi connectivity index (χ4v) is 4.48. The van der Waals surface area contributed by atoms with Gasteiger partial charge in [0.15, 0.2) is 0 Å². The van der Waals surface area contributed by atoms with E-state index in [0.717, 1.165) is 51.9 Å². The summed E-state index contributed by atoms with van der Waals surface area (Å²) in [6.45, 7) is 10.4. The molecule has 2 aromatic heterocycles. The zero-order chi connectivity index (χ0) is 26.4. The molecule has 0 fully saturated rings. The van der Waals surface area contributed by atoms with E-state index in [9.17, 15) is 9.90 Å². The van der Waals surface area contributed by atoms with Crippen molar-refractivity contribution in [1.82, 2.24) is 19.4 Å². The number of amides is 1. The Kier molecular flexibility index (Phi) is 8.28. The summed E-state index contributed by atoms with van der Waals surface area (Å²) in [7, 11) is 0. The lowest BCUT2D eigenvalue weighted by Gasteiger charge is -2.33. The van der Waals surface area contributed by atoms with Crippen molar-refractivity contribution >= 4 is 28.0 Å². The van der Waals surface area contributed by atoms with Gasteiger partial charge < -0.3 is 24.0 Å². The van der Waals surface area contributed by atoms with Crippen LogP contribution in [0.4, 0.5) is 4.79 Å². The average molecular weight is 505 g/mol. The molecule has 0 saturated heterocycles. The van der Waals surface area contributed by atoms with Gasteiger partial charge in [-0.05, 0) is 58.2 Å². The third-order valence-corrected chi connectivity index (χ3v) is 6.36. The third kappa shape index (κ3) is 6.38. The zero-order valence-electron chi connectivity index (χ0n) is 22.1. The molecule has 4 aromatic rings. The number of rotatable bonds is 11. The Hall–Kier alpha value is -3.65. The highest BCUT2D eigenvalue weighted by Gasteiger charge is 2.25. The van der Waals surface area contributed by atoms with Gasteiger partial charge >= 0.3 is 6.09 Å². The van der Waals surface area contributed by atoms with Crippen LogP contribution in [0.1, 0.15) is 51.9 Å². The van der Waals surface area contributed by atoms with E-state index in [4.69, 9.17) is 14.5 Å². The van der Waals surface area contributed by atoms with Crippen LogP contribution in [0.25, 0.3) is 21.9 Å². The standard InChI is InChI=1S/C29H36N4O4/c1-5-36-20-26-31-25-18-30-24-17-22(37-19-21-11-7-6-8-12-21)13-14-23(24)27(25)32(26)15-9-10-16-33(28(34)35)29(2,3)4/h6-8,11-14,17-18H,5,9-10,15-16,19-20H2,1-4H3,(H,34,35). The number of hydrogen-bond acceptors (Lipinski definition) is 5. The van der Waals surface area contributed by atoms with E-state index >= 15 is 0 Å². The Morgan fingerprint density at radius 1 is 1.05 bits per heavy atom. The number of imidazole rings is 1. The summed E-state index contributed by atoms with van der Waals surface area (Å²) in [5, 5.41) is 10.6. The van der Waals surface area contributed by atoms with Crippen LogP contribution < -0.4 is 4.74 Å². The molecule has 0 aliphatic carbocycles. The highest BCUT2D eigenvalue weighted by atomic mass is 16.5. The van der Waals surface area contributed by atoms with E-state index < -0.39 is 11.6 Å². The van der Waals surface area contributed by atoms with Gasteiger partial charge in [-0.1, -0.05) is 30.3 Å². The largest absolute Gasteiger partial charge is 0.489 e. The number of nitrogens with zero attached hydrogens (tertiary/aromatic N) is 4. The average Bonchev–Trinajstić information content (AvgIpc) is 3.23. The summed E-state index contributed by atoms with van der Waals surface area (Å²) in [5.41, 5.74) is 3.35. The summed E-state index contributed by atoms with van der Waals surface area (Å²) in [6.07, 6.45) is 2.47. The monoisotopic (exact) mass is 504 g/mol. The number of pyridine rings is 1. The lowest BCUT2D eigenvalue weighted by atomic mass is 10.1. The molecule has 0 unspecified atom stereocenters. The first-order chi connectivity index (χ1) is 17.8. The highest BCUT2D eigenvalue weighted by molar-refractivity contribution is 6.02. The second-order valence-electron chi connectivity index (χ2n) is 10.1. The van der Waals surface area contributed by atoms with Gasteiger partial charge in [-0.3, -0.25) is 4.98 Å². The topological polar surface area (TPSA) is 89.7 Å². The summed E-state index contributed by atoms with van der Waals surface area (Å²) in [5.74, 6) is 1.61. The van der Waals surface area contributed by atoms with E-state index in [1.807, 2.05) is 76.2 Å². The van der Waals surface area contributed by atoms with E-state index in [1.54, 1.807) is 6.20 Å². The smallest absolute Gasteiger partial charge is 0.407 e. The molecule has 2 aromatic carbocycles. The molecule has 1 amide bonds. The van der Waals surface area contributed by atoms with Crippen molar-refractivity contribution in [3.63, 3.8) is 0 Å². The maximum Gasteiger partial charge on any atom is 0.407 e. The second kappa shape index (κ2) is 11.6. The quantitative estimate of drug-likeness (QED) is 0.243. The second-order valence-corrected chi connectivity index (χ2v) is 10.1. The third-order valence-electron chi connectivity index (χ3n) is 6.36. The van der Waals surface area contributed by atoms with Gasteiger partial charge in [0.1, 0.15) is 30.3 Å². The van der Waals surface area contributed by atoms with Crippen LogP contribution >= 0.6 is 0 Å². The summed E-state index contributed by atoms with van der Waals surface area (Å²) >= 11 is 0. The van der Waals surface area contributed by atoms with Crippen LogP contribution in [0.3, 0.4) is 0 Å². The van der Waals surface area contributed by atoms with E-state index in [2.05, 4.69) is 9.55 Å². The first-order valence-corrected chi connectivity index (χ1v) is 12.8. The molecule has 0 aliphatic rings. The number of hydrogen-bond donors (Lipinski definition) is 1. The SMILES string of the molecule is CCOCc1nc2cnc3cc(OCc4ccccc4)ccc3c2n1CCCCN(C(=O)O)C(C)(C)C. The van der Waals surface area contributed by atoms with Crippen molar-refractivity contribution in [2.75, 3.05) is 13.2 Å². The number of benzene rings is 2. The molecule has 0 atom stereocenters. The predicted octanol–water partition coefficient (Wildman–Crippen LogP) is 6.26. The lowest BCUT2D eigenvalue weighted by Crippen LogP contribution is -2.45. The van der Waals surface area contributed by atoms with Crippen molar-refractivity contribution in [3.8, 4) is 5.75 Å². The van der Waals surface area contributed by atoms with Crippen LogP contribution in [-0.2, 0) is 24.5 Å². The number of unbranched alkanes of at least 4 members (excludes halogenated alkanes) is 1. The summed E-state index contributed by atoms with van der Waals surface area (Å²) in [4.78, 5) is 22.7. The Morgan fingerprint density at radius 3 is 2.54 bits per heavy atom. The van der Waals surface area contributed by atoms with Crippen LogP contribution in [0, 0.1) is 0 Å². The van der Waals surface area contributed by atoms with Crippen molar-refractivity contribution in [2.24, 2.45) is 0 Å². The first-order valence-electron chi connectivity index (χ1n) is 12.8. The van der Waals surface area contributed by atoms with Gasteiger partial charge in [-0.2, -0.15) is 0 Å². The Labute approximate surface area is 217 Å². The van der Waals surface area contributed by atoms with E-state index in [-0.39, 0.29) is 0 Å². The lowest BCUT2D eigenvalue weighted by molar-refractivity contribution is 0.0987. The van der Waals surface area contributed by atoms with E-state index in [1.165, 1.54) is 4.90 Å². The van der Waals surface area contributed by atoms with Crippen molar-refractivity contribution < 1.29 is 19.4 Å². The number of carboxylic acid groups (broad SMARTS) is 1. The minimum absolute atomic E-state index is 0.411. The molecule has 8 heteroatoms. The van der Waals surface area contributed by atoms with Crippen LogP contribution in [0.2, 0.25) is 0 Å². The van der Waals surface area contributed by atoms with E-state index in [0.29, 0.717) is 32.9 Å². The van der Waals surface area contributed by atoms with Crippen molar-refractivity contribution in [1.29, 1.82) is 0 Å². The number of aromatic nitrogens is 3. The molecule has 4 rings (SSSR count). The van der Waals surface area contributed by atoms with Crippen LogP contribution in [-0.4, -0.2) is 49.3 Å². The van der Waals surface area contributed by atoms with Crippen LogP contribution in [0.15, 0.2) is 54.7 Å². The maximum absolute atomic E-state index is 11.7. The minimum atomic E-state index is -0.889. The predicted molar refractivity (Wildman–Crippen MR) is 145 cm³/mol. The van der Waals surface area contributed by atoms with Gasteiger partial charge in [0.25, 0.3) is 0 Å². The van der Waals surface area contributed by atoms with Gasteiger partial charge in [0.05, 0.1) is 17.2 Å². The Morgan fingerprint density at radius 2 is 1.84 bits per heavy atom. The fourth-order valence-electron chi connectivity index (χ4n) is 4.48. The molecule has 37 heavy (non-hydrogen) atoms. The molecule has 196 valence electrons. The summed E-state index contributed by atoms with van der Waals surface area (Å²) < 4.78 is 13.9. The Balaban J connectivity index is 1.58. The fraction of sp³-hybridized carbons (Fsp3) is 0.414. The van der Waals surface area contributed by atoms with Crippen LogP contribution in [0.5, 0.6) is 5.75 Å². The number of aryl methyl sites for hydroxylation is 1. The normalized spacial score (nSPS) is 11.8. The molecular weight excluding hydrogens is 468 g/mol. The minimum Gasteiger partial charge on any atom is -0.489 e. The van der Waals surface area contributed by atoms with Gasteiger partial charge in [0.2, 0.25) is 0 Å². The maximum atomic E-state index is 11.7. The van der Waals surface area contributed by atoms with Crippen molar-refractivity contribution in [3.05, 3.63) is 66.1 Å². The molecule has 8 nitrogen and oxygen atoms in total. The number of carbonyl (C=O) groups is 1. The summed E-state index contributed by atoms with van der Waals surface area (Å²) in [6, 6.07) is 16.0. The van der Waals surface area contributed by atoms with Gasteiger partial charge in [0, 0.05) is 36.7 Å². The molecule has 0 radical (unpaired) electrons. The van der Waals surface area contributed by atoms with Gasteiger partial charge in [-0.15, -0.1) is 0 Å². The zero-order valence-corrected chi connectivity index (χ0v) is 22.1. The molecule has 0 saturated carbocycles. The molecule has 0 spiro atoms. The molecule has 2 heterocycles. The van der Waals surface area contributed by atoms with Gasteiger partial charge in [-0.25, -0.2) is 9.78 Å².